The minimum Gasteiger partial charge on any atom is -0.398 e. The van der Waals surface area contributed by atoms with E-state index < -0.39 is 0 Å². The monoisotopic (exact) mass is 217 g/mol. The van der Waals surface area contributed by atoms with Crippen molar-refractivity contribution in [3.63, 3.8) is 0 Å². The van der Waals surface area contributed by atoms with Crippen molar-refractivity contribution in [1.29, 1.82) is 0 Å². The lowest BCUT2D eigenvalue weighted by Gasteiger charge is -2.09. The molecule has 0 bridgehead atoms. The predicted octanol–water partition coefficient (Wildman–Crippen LogP) is 2.40. The van der Waals surface area contributed by atoms with Gasteiger partial charge in [0.2, 0.25) is 0 Å². The van der Waals surface area contributed by atoms with Crippen molar-refractivity contribution in [1.82, 2.24) is 0 Å². The molecule has 1 aromatic carbocycles. The summed E-state index contributed by atoms with van der Waals surface area (Å²) < 4.78 is 0. The molecular weight excluding hydrogens is 206 g/mol. The zero-order valence-electron chi connectivity index (χ0n) is 7.33. The third-order valence-corrected chi connectivity index (χ3v) is 2.97. The number of nitrogen functional groups attached to an aromatic ring is 1. The Morgan fingerprint density at radius 1 is 1.62 bits per heavy atom. The van der Waals surface area contributed by atoms with Crippen LogP contribution in [0.2, 0.25) is 5.02 Å². The van der Waals surface area contributed by atoms with Crippen molar-refractivity contribution in [2.24, 2.45) is 0 Å². The highest BCUT2D eigenvalue weighted by Gasteiger charge is 2.05. The SMILES string of the molecule is CC(CO)Sc1ccc(Cl)cc1N. The molecule has 0 fully saturated rings. The molecule has 0 heterocycles. The van der Waals surface area contributed by atoms with Crippen molar-refractivity contribution in [2.75, 3.05) is 12.3 Å². The normalized spacial score (nSPS) is 12.8. The van der Waals surface area contributed by atoms with E-state index in [1.54, 1.807) is 23.9 Å². The van der Waals surface area contributed by atoms with E-state index >= 15 is 0 Å². The average molecular weight is 218 g/mol. The molecule has 0 aliphatic heterocycles. The first-order chi connectivity index (χ1) is 6.13. The summed E-state index contributed by atoms with van der Waals surface area (Å²) in [4.78, 5) is 0.964. The number of benzene rings is 1. The molecule has 0 aliphatic carbocycles. The number of aliphatic hydroxyl groups excluding tert-OH is 1. The molecule has 72 valence electrons. The van der Waals surface area contributed by atoms with E-state index in [0.717, 1.165) is 4.90 Å². The van der Waals surface area contributed by atoms with E-state index in [1.165, 1.54) is 0 Å². The average Bonchev–Trinajstić information content (AvgIpc) is 2.09. The molecular formula is C9H12ClNOS. The van der Waals surface area contributed by atoms with Crippen LogP contribution in [0.5, 0.6) is 0 Å². The second-order valence-electron chi connectivity index (χ2n) is 2.79. The van der Waals surface area contributed by atoms with E-state index in [4.69, 9.17) is 22.4 Å². The van der Waals surface area contributed by atoms with Crippen LogP contribution in [-0.4, -0.2) is 17.0 Å². The highest BCUT2D eigenvalue weighted by Crippen LogP contribution is 2.30. The van der Waals surface area contributed by atoms with Gasteiger partial charge in [-0.05, 0) is 18.2 Å². The first-order valence-corrected chi connectivity index (χ1v) is 5.21. The van der Waals surface area contributed by atoms with Crippen molar-refractivity contribution in [3.8, 4) is 0 Å². The summed E-state index contributed by atoms with van der Waals surface area (Å²) in [6.45, 7) is 2.09. The molecule has 13 heavy (non-hydrogen) atoms. The number of nitrogens with two attached hydrogens (primary N) is 1. The van der Waals surface area contributed by atoms with Gasteiger partial charge in [-0.2, -0.15) is 0 Å². The molecule has 4 heteroatoms. The summed E-state index contributed by atoms with van der Waals surface area (Å²) in [7, 11) is 0. The molecule has 0 aromatic heterocycles. The third kappa shape index (κ3) is 3.10. The minimum atomic E-state index is 0.146. The van der Waals surface area contributed by atoms with Crippen LogP contribution in [0.4, 0.5) is 5.69 Å². The third-order valence-electron chi connectivity index (χ3n) is 1.56. The first kappa shape index (κ1) is 10.7. The Morgan fingerprint density at radius 3 is 2.85 bits per heavy atom. The Balaban J connectivity index is 2.77. The predicted molar refractivity (Wildman–Crippen MR) is 58.3 cm³/mol. The van der Waals surface area contributed by atoms with Gasteiger partial charge in [0, 0.05) is 20.9 Å². The van der Waals surface area contributed by atoms with E-state index in [2.05, 4.69) is 0 Å². The Labute approximate surface area is 87.1 Å². The van der Waals surface area contributed by atoms with Gasteiger partial charge in [0.25, 0.3) is 0 Å². The molecule has 0 saturated carbocycles. The number of anilines is 1. The number of rotatable bonds is 3. The molecule has 1 unspecified atom stereocenters. The van der Waals surface area contributed by atoms with Crippen LogP contribution in [0.15, 0.2) is 23.1 Å². The van der Waals surface area contributed by atoms with Crippen LogP contribution in [0, 0.1) is 0 Å². The molecule has 0 spiro atoms. The lowest BCUT2D eigenvalue weighted by Crippen LogP contribution is -2.02. The van der Waals surface area contributed by atoms with Gasteiger partial charge in [-0.15, -0.1) is 11.8 Å². The van der Waals surface area contributed by atoms with Crippen LogP contribution < -0.4 is 5.73 Å². The maximum atomic E-state index is 8.85. The highest BCUT2D eigenvalue weighted by molar-refractivity contribution is 8.00. The van der Waals surface area contributed by atoms with E-state index in [0.29, 0.717) is 10.7 Å². The topological polar surface area (TPSA) is 46.2 Å². The van der Waals surface area contributed by atoms with Gasteiger partial charge in [0.15, 0.2) is 0 Å². The fourth-order valence-electron chi connectivity index (χ4n) is 0.881. The van der Waals surface area contributed by atoms with Gasteiger partial charge in [0.1, 0.15) is 0 Å². The van der Waals surface area contributed by atoms with Crippen LogP contribution >= 0.6 is 23.4 Å². The molecule has 1 atom stereocenters. The molecule has 0 amide bonds. The largest absolute Gasteiger partial charge is 0.398 e. The summed E-state index contributed by atoms with van der Waals surface area (Å²) in [5, 5.41) is 9.65. The number of hydrogen-bond acceptors (Lipinski definition) is 3. The van der Waals surface area contributed by atoms with Crippen LogP contribution in [0.1, 0.15) is 6.92 Å². The van der Waals surface area contributed by atoms with Crippen LogP contribution in [0.3, 0.4) is 0 Å². The van der Waals surface area contributed by atoms with Gasteiger partial charge >= 0.3 is 0 Å². The van der Waals surface area contributed by atoms with Crippen molar-refractivity contribution >= 4 is 29.1 Å². The van der Waals surface area contributed by atoms with Gasteiger partial charge in [-0.25, -0.2) is 0 Å². The number of hydrogen-bond donors (Lipinski definition) is 2. The molecule has 0 aliphatic rings. The second-order valence-corrected chi connectivity index (χ2v) is 4.71. The maximum absolute atomic E-state index is 8.85. The standard InChI is InChI=1S/C9H12ClNOS/c1-6(5-12)13-9-3-2-7(10)4-8(9)11/h2-4,6,12H,5,11H2,1H3. The number of halogens is 1. The Kier molecular flexibility index (Phi) is 3.90. The minimum absolute atomic E-state index is 0.146. The number of thioether (sulfide) groups is 1. The fraction of sp³-hybridized carbons (Fsp3) is 0.333. The smallest absolute Gasteiger partial charge is 0.0550 e. The molecule has 0 radical (unpaired) electrons. The number of aliphatic hydroxyl groups is 1. The zero-order valence-corrected chi connectivity index (χ0v) is 8.90. The summed E-state index contributed by atoms with van der Waals surface area (Å²) in [6.07, 6.45) is 0. The van der Waals surface area contributed by atoms with Crippen LogP contribution in [-0.2, 0) is 0 Å². The Morgan fingerprint density at radius 2 is 2.31 bits per heavy atom. The lowest BCUT2D eigenvalue weighted by atomic mass is 10.3. The van der Waals surface area contributed by atoms with Gasteiger partial charge in [-0.3, -0.25) is 0 Å². The van der Waals surface area contributed by atoms with Crippen molar-refractivity contribution < 1.29 is 5.11 Å². The summed E-state index contributed by atoms with van der Waals surface area (Å²) >= 11 is 7.29. The summed E-state index contributed by atoms with van der Waals surface area (Å²) in [5.74, 6) is 0. The summed E-state index contributed by atoms with van der Waals surface area (Å²) in [6, 6.07) is 5.38. The van der Waals surface area contributed by atoms with E-state index in [9.17, 15) is 0 Å². The lowest BCUT2D eigenvalue weighted by molar-refractivity contribution is 0.300. The maximum Gasteiger partial charge on any atom is 0.0550 e. The summed E-state index contributed by atoms with van der Waals surface area (Å²) in [5.41, 5.74) is 6.40. The second kappa shape index (κ2) is 4.74. The Hall–Kier alpha value is -0.380. The Bertz CT molecular complexity index is 293. The first-order valence-electron chi connectivity index (χ1n) is 3.96. The van der Waals surface area contributed by atoms with Gasteiger partial charge < -0.3 is 10.8 Å². The van der Waals surface area contributed by atoms with Gasteiger partial charge in [-0.1, -0.05) is 18.5 Å². The van der Waals surface area contributed by atoms with Crippen molar-refractivity contribution in [3.05, 3.63) is 23.2 Å². The van der Waals surface area contributed by atoms with Gasteiger partial charge in [0.05, 0.1) is 6.61 Å². The molecule has 0 saturated heterocycles. The quantitative estimate of drug-likeness (QED) is 0.604. The fourth-order valence-corrected chi connectivity index (χ4v) is 1.91. The van der Waals surface area contributed by atoms with Crippen LogP contribution in [0.25, 0.3) is 0 Å². The molecule has 1 aromatic rings. The zero-order chi connectivity index (χ0) is 9.84. The van der Waals surface area contributed by atoms with E-state index in [-0.39, 0.29) is 11.9 Å². The highest BCUT2D eigenvalue weighted by atomic mass is 35.5. The van der Waals surface area contributed by atoms with Crippen molar-refractivity contribution in [2.45, 2.75) is 17.1 Å². The molecule has 1 rings (SSSR count). The molecule has 2 nitrogen and oxygen atoms in total. The molecule has 3 N–H and O–H groups in total. The van der Waals surface area contributed by atoms with E-state index in [1.807, 2.05) is 13.0 Å².